The molecule has 1 N–H and O–H groups in total. The molecule has 0 unspecified atom stereocenters. The standard InChI is InChI=1S/C11H15ClN2O2S/c12-10-2-1-9(17-10)11(16)14-5-3-13(4-6-14)7-8-15/h1-2,15H,3-8H2. The van der Waals surface area contributed by atoms with Gasteiger partial charge in [-0.15, -0.1) is 11.3 Å². The van der Waals surface area contributed by atoms with Gasteiger partial charge in [0.1, 0.15) is 0 Å². The Morgan fingerprint density at radius 3 is 2.59 bits per heavy atom. The van der Waals surface area contributed by atoms with E-state index in [1.165, 1.54) is 11.3 Å². The van der Waals surface area contributed by atoms with Gasteiger partial charge in [-0.3, -0.25) is 9.69 Å². The molecule has 1 aliphatic heterocycles. The number of thiophene rings is 1. The number of carbonyl (C=O) groups excluding carboxylic acids is 1. The number of amides is 1. The number of halogens is 1. The van der Waals surface area contributed by atoms with Crippen molar-refractivity contribution in [3.8, 4) is 0 Å². The molecule has 0 aromatic carbocycles. The fourth-order valence-electron chi connectivity index (χ4n) is 1.90. The average Bonchev–Trinajstić information content (AvgIpc) is 2.76. The average molecular weight is 275 g/mol. The van der Waals surface area contributed by atoms with Crippen molar-refractivity contribution in [3.63, 3.8) is 0 Å². The first kappa shape index (κ1) is 12.8. The second-order valence-electron chi connectivity index (χ2n) is 3.96. The molecule has 1 aromatic heterocycles. The van der Waals surface area contributed by atoms with Crippen LogP contribution in [0.25, 0.3) is 0 Å². The van der Waals surface area contributed by atoms with Gasteiger partial charge in [-0.2, -0.15) is 0 Å². The van der Waals surface area contributed by atoms with Crippen molar-refractivity contribution < 1.29 is 9.90 Å². The fraction of sp³-hybridized carbons (Fsp3) is 0.545. The minimum Gasteiger partial charge on any atom is -0.395 e. The summed E-state index contributed by atoms with van der Waals surface area (Å²) in [5, 5.41) is 8.84. The predicted octanol–water partition coefficient (Wildman–Crippen LogP) is 1.15. The van der Waals surface area contributed by atoms with Crippen molar-refractivity contribution in [1.29, 1.82) is 0 Å². The maximum absolute atomic E-state index is 12.1. The third-order valence-corrected chi connectivity index (χ3v) is 4.08. The van der Waals surface area contributed by atoms with E-state index < -0.39 is 0 Å². The summed E-state index contributed by atoms with van der Waals surface area (Å²) in [5.41, 5.74) is 0. The first-order valence-corrected chi connectivity index (χ1v) is 6.78. The Morgan fingerprint density at radius 1 is 1.35 bits per heavy atom. The van der Waals surface area contributed by atoms with Gasteiger partial charge in [-0.1, -0.05) is 11.6 Å². The number of aliphatic hydroxyl groups excluding tert-OH is 1. The zero-order valence-electron chi connectivity index (χ0n) is 9.43. The molecule has 2 rings (SSSR count). The van der Waals surface area contributed by atoms with E-state index in [-0.39, 0.29) is 12.5 Å². The highest BCUT2D eigenvalue weighted by molar-refractivity contribution is 7.17. The molecule has 1 amide bonds. The Morgan fingerprint density at radius 2 is 2.06 bits per heavy atom. The molecule has 0 atom stereocenters. The maximum atomic E-state index is 12.1. The van der Waals surface area contributed by atoms with E-state index in [0.717, 1.165) is 13.1 Å². The van der Waals surface area contributed by atoms with E-state index in [0.29, 0.717) is 28.8 Å². The predicted molar refractivity (Wildman–Crippen MR) is 68.8 cm³/mol. The van der Waals surface area contributed by atoms with Gasteiger partial charge in [0, 0.05) is 32.7 Å². The molecule has 17 heavy (non-hydrogen) atoms. The summed E-state index contributed by atoms with van der Waals surface area (Å²) in [4.78, 5) is 16.8. The van der Waals surface area contributed by atoms with Crippen LogP contribution in [0.2, 0.25) is 4.34 Å². The second kappa shape index (κ2) is 5.82. The highest BCUT2D eigenvalue weighted by Crippen LogP contribution is 2.23. The van der Waals surface area contributed by atoms with Crippen LogP contribution in [-0.2, 0) is 0 Å². The number of hydrogen-bond donors (Lipinski definition) is 1. The maximum Gasteiger partial charge on any atom is 0.264 e. The molecule has 0 bridgehead atoms. The molecule has 2 heterocycles. The SMILES string of the molecule is O=C(c1ccc(Cl)s1)N1CCN(CCO)CC1. The topological polar surface area (TPSA) is 43.8 Å². The van der Waals surface area contributed by atoms with Crippen molar-refractivity contribution in [1.82, 2.24) is 9.80 Å². The number of piperazine rings is 1. The summed E-state index contributed by atoms with van der Waals surface area (Å²) in [7, 11) is 0. The summed E-state index contributed by atoms with van der Waals surface area (Å²) < 4.78 is 0.646. The minimum absolute atomic E-state index is 0.0607. The lowest BCUT2D eigenvalue weighted by molar-refractivity contribution is 0.0619. The van der Waals surface area contributed by atoms with Gasteiger partial charge >= 0.3 is 0 Å². The third-order valence-electron chi connectivity index (χ3n) is 2.86. The molecular weight excluding hydrogens is 260 g/mol. The Bertz CT molecular complexity index is 389. The summed E-state index contributed by atoms with van der Waals surface area (Å²) in [6, 6.07) is 3.52. The van der Waals surface area contributed by atoms with Gasteiger partial charge in [0.2, 0.25) is 0 Å². The van der Waals surface area contributed by atoms with Crippen LogP contribution in [0.4, 0.5) is 0 Å². The number of nitrogens with zero attached hydrogens (tertiary/aromatic N) is 2. The summed E-state index contributed by atoms with van der Waals surface area (Å²) >= 11 is 7.14. The molecular formula is C11H15ClN2O2S. The molecule has 4 nitrogen and oxygen atoms in total. The number of hydrogen-bond acceptors (Lipinski definition) is 4. The van der Waals surface area contributed by atoms with Gasteiger partial charge in [0.25, 0.3) is 5.91 Å². The zero-order chi connectivity index (χ0) is 12.3. The first-order valence-electron chi connectivity index (χ1n) is 5.58. The van der Waals surface area contributed by atoms with E-state index in [4.69, 9.17) is 16.7 Å². The lowest BCUT2D eigenvalue weighted by atomic mass is 10.3. The largest absolute Gasteiger partial charge is 0.395 e. The van der Waals surface area contributed by atoms with Crippen LogP contribution in [0.3, 0.4) is 0 Å². The van der Waals surface area contributed by atoms with Gasteiger partial charge < -0.3 is 10.0 Å². The molecule has 1 aliphatic rings. The van der Waals surface area contributed by atoms with Crippen LogP contribution in [0.15, 0.2) is 12.1 Å². The van der Waals surface area contributed by atoms with E-state index in [1.54, 1.807) is 12.1 Å². The molecule has 0 saturated carbocycles. The lowest BCUT2D eigenvalue weighted by Crippen LogP contribution is -2.49. The summed E-state index contributed by atoms with van der Waals surface area (Å²) in [6.45, 7) is 3.95. The number of β-amino-alcohol motifs (C(OH)–C–C–N with tert-alkyl or cyclic N) is 1. The highest BCUT2D eigenvalue weighted by atomic mass is 35.5. The van der Waals surface area contributed by atoms with E-state index in [1.807, 2.05) is 4.90 Å². The normalized spacial score (nSPS) is 17.4. The van der Waals surface area contributed by atoms with Crippen molar-refractivity contribution in [2.45, 2.75) is 0 Å². The second-order valence-corrected chi connectivity index (χ2v) is 5.68. The van der Waals surface area contributed by atoms with Crippen LogP contribution in [0.1, 0.15) is 9.67 Å². The van der Waals surface area contributed by atoms with Gasteiger partial charge in [0.15, 0.2) is 0 Å². The Kier molecular flexibility index (Phi) is 4.39. The summed E-state index contributed by atoms with van der Waals surface area (Å²) in [6.07, 6.45) is 0. The van der Waals surface area contributed by atoms with E-state index in [9.17, 15) is 4.79 Å². The summed E-state index contributed by atoms with van der Waals surface area (Å²) in [5.74, 6) is 0.0607. The van der Waals surface area contributed by atoms with Crippen LogP contribution in [-0.4, -0.2) is 60.1 Å². The number of aliphatic hydroxyl groups is 1. The number of carbonyl (C=O) groups is 1. The molecule has 1 fully saturated rings. The molecule has 94 valence electrons. The quantitative estimate of drug-likeness (QED) is 0.899. The monoisotopic (exact) mass is 274 g/mol. The Labute approximate surface area is 109 Å². The molecule has 0 aliphatic carbocycles. The smallest absolute Gasteiger partial charge is 0.264 e. The molecule has 1 saturated heterocycles. The van der Waals surface area contributed by atoms with Crippen molar-refractivity contribution in [3.05, 3.63) is 21.3 Å². The van der Waals surface area contributed by atoms with Crippen LogP contribution >= 0.6 is 22.9 Å². The van der Waals surface area contributed by atoms with Crippen molar-refractivity contribution >= 4 is 28.8 Å². The first-order chi connectivity index (χ1) is 8.20. The van der Waals surface area contributed by atoms with Crippen molar-refractivity contribution in [2.24, 2.45) is 0 Å². The van der Waals surface area contributed by atoms with Crippen LogP contribution in [0, 0.1) is 0 Å². The fourth-order valence-corrected chi connectivity index (χ4v) is 2.91. The van der Waals surface area contributed by atoms with E-state index >= 15 is 0 Å². The third kappa shape index (κ3) is 3.19. The minimum atomic E-state index is 0.0607. The molecule has 1 aromatic rings. The van der Waals surface area contributed by atoms with Crippen molar-refractivity contribution in [2.75, 3.05) is 39.3 Å². The van der Waals surface area contributed by atoms with Gasteiger partial charge in [-0.05, 0) is 12.1 Å². The molecule has 0 radical (unpaired) electrons. The Balaban J connectivity index is 1.90. The van der Waals surface area contributed by atoms with Gasteiger partial charge in [0.05, 0.1) is 15.8 Å². The zero-order valence-corrected chi connectivity index (χ0v) is 11.0. The van der Waals surface area contributed by atoms with E-state index in [2.05, 4.69) is 4.90 Å². The van der Waals surface area contributed by atoms with Crippen LogP contribution in [0.5, 0.6) is 0 Å². The van der Waals surface area contributed by atoms with Gasteiger partial charge in [-0.25, -0.2) is 0 Å². The lowest BCUT2D eigenvalue weighted by Gasteiger charge is -2.34. The Hall–Kier alpha value is -0.620. The van der Waals surface area contributed by atoms with Crippen LogP contribution < -0.4 is 0 Å². The molecule has 6 heteroatoms. The number of rotatable bonds is 3. The highest BCUT2D eigenvalue weighted by Gasteiger charge is 2.22. The molecule has 0 spiro atoms.